The van der Waals surface area contributed by atoms with E-state index in [2.05, 4.69) is 59.5 Å². The predicted octanol–water partition coefficient (Wildman–Crippen LogP) is 3.20. The van der Waals surface area contributed by atoms with Crippen LogP contribution in [0.15, 0.2) is 12.3 Å². The molecular formula is C16H26BNO2. The summed E-state index contributed by atoms with van der Waals surface area (Å²) in [6, 6.07) is 2.14. The maximum atomic E-state index is 6.15. The molecule has 110 valence electrons. The van der Waals surface area contributed by atoms with Crippen LogP contribution in [0, 0.1) is 6.92 Å². The van der Waals surface area contributed by atoms with Crippen LogP contribution < -0.4 is 5.46 Å². The van der Waals surface area contributed by atoms with Gasteiger partial charge in [-0.05, 0) is 64.1 Å². The molecule has 2 heterocycles. The second-order valence-electron chi connectivity index (χ2n) is 6.86. The van der Waals surface area contributed by atoms with E-state index in [0.29, 0.717) is 5.92 Å². The van der Waals surface area contributed by atoms with Crippen LogP contribution in [0.4, 0.5) is 0 Å². The molecule has 1 aromatic heterocycles. The number of hydrogen-bond donors (Lipinski definition) is 0. The van der Waals surface area contributed by atoms with Crippen molar-refractivity contribution in [3.63, 3.8) is 0 Å². The van der Waals surface area contributed by atoms with E-state index in [-0.39, 0.29) is 18.3 Å². The Balaban J connectivity index is 2.34. The maximum Gasteiger partial charge on any atom is 0.495 e. The molecule has 1 atom stereocenters. The fourth-order valence-corrected chi connectivity index (χ4v) is 2.26. The van der Waals surface area contributed by atoms with Crippen molar-refractivity contribution in [2.45, 2.75) is 72.0 Å². The number of aromatic nitrogens is 1. The summed E-state index contributed by atoms with van der Waals surface area (Å²) in [6.07, 6.45) is 3.01. The molecular weight excluding hydrogens is 249 g/mol. The Labute approximate surface area is 123 Å². The quantitative estimate of drug-likeness (QED) is 0.794. The smallest absolute Gasteiger partial charge is 0.399 e. The van der Waals surface area contributed by atoms with Crippen LogP contribution in [0.2, 0.25) is 0 Å². The summed E-state index contributed by atoms with van der Waals surface area (Å²) in [4.78, 5) is 4.54. The van der Waals surface area contributed by atoms with E-state index in [9.17, 15) is 0 Å². The lowest BCUT2D eigenvalue weighted by atomic mass is 9.76. The van der Waals surface area contributed by atoms with Crippen LogP contribution in [0.1, 0.15) is 65.1 Å². The van der Waals surface area contributed by atoms with E-state index >= 15 is 0 Å². The van der Waals surface area contributed by atoms with E-state index in [0.717, 1.165) is 23.1 Å². The Morgan fingerprint density at radius 3 is 2.25 bits per heavy atom. The van der Waals surface area contributed by atoms with Crippen LogP contribution in [0.5, 0.6) is 0 Å². The summed E-state index contributed by atoms with van der Waals surface area (Å²) in [6.45, 7) is 14.8. The van der Waals surface area contributed by atoms with Crippen molar-refractivity contribution < 1.29 is 9.31 Å². The van der Waals surface area contributed by atoms with Gasteiger partial charge in [0.25, 0.3) is 0 Å². The molecule has 1 fully saturated rings. The molecule has 0 saturated carbocycles. The summed E-state index contributed by atoms with van der Waals surface area (Å²) < 4.78 is 12.3. The summed E-state index contributed by atoms with van der Waals surface area (Å²) in [5.41, 5.74) is 2.74. The van der Waals surface area contributed by atoms with Gasteiger partial charge in [-0.25, -0.2) is 0 Å². The first kappa shape index (κ1) is 15.5. The zero-order valence-corrected chi connectivity index (χ0v) is 13.8. The minimum Gasteiger partial charge on any atom is -0.399 e. The third-order valence-electron chi connectivity index (χ3n) is 4.79. The van der Waals surface area contributed by atoms with Crippen molar-refractivity contribution in [3.8, 4) is 0 Å². The number of hydrogen-bond acceptors (Lipinski definition) is 3. The highest BCUT2D eigenvalue weighted by atomic mass is 16.7. The van der Waals surface area contributed by atoms with Gasteiger partial charge in [-0.1, -0.05) is 13.8 Å². The molecule has 0 spiro atoms. The van der Waals surface area contributed by atoms with Crippen molar-refractivity contribution in [1.82, 2.24) is 4.98 Å². The van der Waals surface area contributed by atoms with Crippen LogP contribution in [0.25, 0.3) is 0 Å². The van der Waals surface area contributed by atoms with Crippen LogP contribution in [-0.2, 0) is 9.31 Å². The van der Waals surface area contributed by atoms with Gasteiger partial charge in [0, 0.05) is 11.9 Å². The SMILES string of the molecule is CCC(C)c1cc(B2OC(C)(C)C(C)(C)O2)c(C)cn1. The van der Waals surface area contributed by atoms with Crippen molar-refractivity contribution >= 4 is 12.6 Å². The summed E-state index contributed by atoms with van der Waals surface area (Å²) >= 11 is 0. The van der Waals surface area contributed by atoms with Crippen molar-refractivity contribution in [2.75, 3.05) is 0 Å². The highest BCUT2D eigenvalue weighted by Crippen LogP contribution is 2.36. The molecule has 1 aliphatic heterocycles. The van der Waals surface area contributed by atoms with Gasteiger partial charge < -0.3 is 9.31 Å². The van der Waals surface area contributed by atoms with E-state index in [1.807, 2.05) is 6.20 Å². The Morgan fingerprint density at radius 1 is 1.20 bits per heavy atom. The van der Waals surface area contributed by atoms with Gasteiger partial charge in [-0.2, -0.15) is 0 Å². The molecule has 0 radical (unpaired) electrons. The third-order valence-corrected chi connectivity index (χ3v) is 4.79. The highest BCUT2D eigenvalue weighted by Gasteiger charge is 2.52. The van der Waals surface area contributed by atoms with Crippen LogP contribution >= 0.6 is 0 Å². The van der Waals surface area contributed by atoms with Gasteiger partial charge in [-0.3, -0.25) is 4.98 Å². The average molecular weight is 275 g/mol. The zero-order chi connectivity index (χ0) is 15.1. The van der Waals surface area contributed by atoms with Gasteiger partial charge in [-0.15, -0.1) is 0 Å². The molecule has 0 aliphatic carbocycles. The molecule has 1 aliphatic rings. The molecule has 0 aromatic carbocycles. The van der Waals surface area contributed by atoms with Crippen LogP contribution in [-0.4, -0.2) is 23.3 Å². The molecule has 0 bridgehead atoms. The Bertz CT molecular complexity index is 483. The van der Waals surface area contributed by atoms with Crippen molar-refractivity contribution in [2.24, 2.45) is 0 Å². The monoisotopic (exact) mass is 275 g/mol. The third kappa shape index (κ3) is 2.64. The van der Waals surface area contributed by atoms with Crippen molar-refractivity contribution in [1.29, 1.82) is 0 Å². The Kier molecular flexibility index (Phi) is 4.00. The fourth-order valence-electron chi connectivity index (χ4n) is 2.26. The second kappa shape index (κ2) is 5.16. The molecule has 1 saturated heterocycles. The normalized spacial score (nSPS) is 22.1. The molecule has 3 nitrogen and oxygen atoms in total. The van der Waals surface area contributed by atoms with E-state index < -0.39 is 0 Å². The zero-order valence-electron chi connectivity index (χ0n) is 13.8. The molecule has 0 amide bonds. The summed E-state index contributed by atoms with van der Waals surface area (Å²) in [5.74, 6) is 0.455. The first-order chi connectivity index (χ1) is 9.18. The van der Waals surface area contributed by atoms with Gasteiger partial charge in [0.05, 0.1) is 11.2 Å². The lowest BCUT2D eigenvalue weighted by molar-refractivity contribution is 0.00578. The van der Waals surface area contributed by atoms with E-state index in [1.54, 1.807) is 0 Å². The lowest BCUT2D eigenvalue weighted by Gasteiger charge is -2.32. The standard InChI is InChI=1S/C16H26BNO2/c1-8-11(2)14-9-13(12(3)10-18-14)17-19-15(4,5)16(6,7)20-17/h9-11H,8H2,1-7H3. The first-order valence-electron chi connectivity index (χ1n) is 7.50. The highest BCUT2D eigenvalue weighted by molar-refractivity contribution is 6.62. The van der Waals surface area contributed by atoms with Crippen molar-refractivity contribution in [3.05, 3.63) is 23.5 Å². The molecule has 0 N–H and O–H groups in total. The van der Waals surface area contributed by atoms with Gasteiger partial charge in [0.15, 0.2) is 0 Å². The number of aryl methyl sites for hydroxylation is 1. The summed E-state index contributed by atoms with van der Waals surface area (Å²) in [5, 5.41) is 0. The number of rotatable bonds is 3. The van der Waals surface area contributed by atoms with Gasteiger partial charge in [0.2, 0.25) is 0 Å². The Hall–Kier alpha value is -0.865. The largest absolute Gasteiger partial charge is 0.495 e. The molecule has 1 unspecified atom stereocenters. The number of nitrogens with zero attached hydrogens (tertiary/aromatic N) is 1. The minimum absolute atomic E-state index is 0.300. The first-order valence-corrected chi connectivity index (χ1v) is 7.50. The maximum absolute atomic E-state index is 6.15. The molecule has 20 heavy (non-hydrogen) atoms. The second-order valence-corrected chi connectivity index (χ2v) is 6.86. The molecule has 1 aromatic rings. The van der Waals surface area contributed by atoms with E-state index in [1.165, 1.54) is 0 Å². The lowest BCUT2D eigenvalue weighted by Crippen LogP contribution is -2.41. The topological polar surface area (TPSA) is 31.4 Å². The Morgan fingerprint density at radius 2 is 1.75 bits per heavy atom. The van der Waals surface area contributed by atoms with Gasteiger partial charge in [0.1, 0.15) is 0 Å². The molecule has 4 heteroatoms. The van der Waals surface area contributed by atoms with Crippen LogP contribution in [0.3, 0.4) is 0 Å². The fraction of sp³-hybridized carbons (Fsp3) is 0.688. The average Bonchev–Trinajstić information content (AvgIpc) is 2.58. The van der Waals surface area contributed by atoms with E-state index in [4.69, 9.17) is 9.31 Å². The van der Waals surface area contributed by atoms with Gasteiger partial charge >= 0.3 is 7.12 Å². The minimum atomic E-state index is -0.302. The summed E-state index contributed by atoms with van der Waals surface area (Å²) in [7, 11) is -0.300. The molecule has 2 rings (SSSR count). The predicted molar refractivity (Wildman–Crippen MR) is 83.4 cm³/mol. The number of pyridine rings is 1.